The summed E-state index contributed by atoms with van der Waals surface area (Å²) in [6.07, 6.45) is -0.153. The lowest BCUT2D eigenvalue weighted by atomic mass is 10.0. The number of fused-ring (bicyclic) bond motifs is 1. The number of hydrogen-bond acceptors (Lipinski definition) is 8. The van der Waals surface area contributed by atoms with E-state index in [4.69, 9.17) is 4.74 Å². The van der Waals surface area contributed by atoms with E-state index in [9.17, 15) is 27.6 Å². The first-order chi connectivity index (χ1) is 17.0. The Bertz CT molecular complexity index is 1290. The Morgan fingerprint density at radius 2 is 1.78 bits per heavy atom. The molecular weight excluding hydrogens is 510 g/mol. The van der Waals surface area contributed by atoms with Gasteiger partial charge in [0.2, 0.25) is 10.0 Å². The zero-order chi connectivity index (χ0) is 26.6. The van der Waals surface area contributed by atoms with Crippen molar-refractivity contribution < 1.29 is 32.3 Å². The Labute approximate surface area is 212 Å². The van der Waals surface area contributed by atoms with Gasteiger partial charge in [-0.2, -0.15) is 0 Å². The van der Waals surface area contributed by atoms with Crippen LogP contribution in [0.4, 0.5) is 14.6 Å². The van der Waals surface area contributed by atoms with Crippen LogP contribution < -0.4 is 16.0 Å². The molecule has 1 aromatic carbocycles. The molecule has 12 nitrogen and oxygen atoms in total. The number of carbonyl (C=O) groups is 4. The maximum atomic E-state index is 13.0. The first kappa shape index (κ1) is 27.1. The van der Waals surface area contributed by atoms with Crippen LogP contribution in [0, 0.1) is 0 Å². The number of urea groups is 1. The summed E-state index contributed by atoms with van der Waals surface area (Å²) in [5.74, 6) is -1.27. The normalized spacial score (nSPS) is 13.1. The van der Waals surface area contributed by atoms with Crippen LogP contribution in [-0.2, 0) is 27.7 Å². The molecule has 5 amide bonds. The third-order valence-corrected chi connectivity index (χ3v) is 8.35. The van der Waals surface area contributed by atoms with Crippen molar-refractivity contribution >= 4 is 50.3 Å². The highest BCUT2D eigenvalue weighted by Crippen LogP contribution is 2.37. The number of benzene rings is 1. The number of nitrogens with zero attached hydrogens (tertiary/aromatic N) is 2. The number of anilines is 1. The molecule has 0 atom stereocenters. The summed E-state index contributed by atoms with van der Waals surface area (Å²) in [6.45, 7) is 2.42. The minimum Gasteiger partial charge on any atom is -0.450 e. The summed E-state index contributed by atoms with van der Waals surface area (Å²) in [5.41, 5.74) is 0.942. The van der Waals surface area contributed by atoms with E-state index in [0.29, 0.717) is 23.4 Å². The number of sulfonamides is 1. The maximum absolute atomic E-state index is 13.0. The van der Waals surface area contributed by atoms with Crippen LogP contribution >= 0.6 is 11.3 Å². The van der Waals surface area contributed by atoms with Gasteiger partial charge in [0, 0.05) is 38.1 Å². The highest BCUT2D eigenvalue weighted by Gasteiger charge is 2.31. The van der Waals surface area contributed by atoms with Gasteiger partial charge in [-0.3, -0.25) is 14.9 Å². The van der Waals surface area contributed by atoms with Crippen LogP contribution in [0.5, 0.6) is 0 Å². The van der Waals surface area contributed by atoms with E-state index in [-0.39, 0.29) is 34.2 Å². The molecule has 2 aromatic rings. The van der Waals surface area contributed by atoms with Crippen LogP contribution in [0.3, 0.4) is 0 Å². The first-order valence-corrected chi connectivity index (χ1v) is 13.2. The Morgan fingerprint density at radius 1 is 1.11 bits per heavy atom. The minimum absolute atomic E-state index is 0.0281. The molecule has 36 heavy (non-hydrogen) atoms. The SMILES string of the molecule is CCOC(=O)N1CCc2c(sc(NC(=O)c3ccc(S(=O)(=O)N(C)C)cc3)c2C(=O)NC(=O)NC)C1. The summed E-state index contributed by atoms with van der Waals surface area (Å²) in [4.78, 5) is 52.1. The number of hydrogen-bond donors (Lipinski definition) is 3. The Kier molecular flexibility index (Phi) is 8.32. The third kappa shape index (κ3) is 5.66. The Balaban J connectivity index is 1.91. The second kappa shape index (κ2) is 11.1. The molecule has 3 N–H and O–H groups in total. The molecule has 194 valence electrons. The molecule has 2 heterocycles. The molecule has 3 rings (SSSR count). The lowest BCUT2D eigenvalue weighted by Gasteiger charge is -2.26. The first-order valence-electron chi connectivity index (χ1n) is 10.9. The highest BCUT2D eigenvalue weighted by atomic mass is 32.2. The van der Waals surface area contributed by atoms with Gasteiger partial charge in [0.25, 0.3) is 11.8 Å². The summed E-state index contributed by atoms with van der Waals surface area (Å²) >= 11 is 1.12. The lowest BCUT2D eigenvalue weighted by Crippen LogP contribution is -2.39. The van der Waals surface area contributed by atoms with Crippen molar-refractivity contribution in [2.45, 2.75) is 24.8 Å². The molecule has 0 saturated heterocycles. The van der Waals surface area contributed by atoms with Gasteiger partial charge in [-0.25, -0.2) is 22.3 Å². The third-order valence-electron chi connectivity index (χ3n) is 5.39. The fraction of sp³-hybridized carbons (Fsp3) is 0.364. The highest BCUT2D eigenvalue weighted by molar-refractivity contribution is 7.89. The molecule has 0 saturated carbocycles. The minimum atomic E-state index is -3.66. The van der Waals surface area contributed by atoms with Crippen molar-refractivity contribution in [3.8, 4) is 0 Å². The molecular formula is C22H27N5O7S2. The molecule has 0 fully saturated rings. The molecule has 0 aliphatic carbocycles. The molecule has 14 heteroatoms. The molecule has 0 spiro atoms. The molecule has 1 aliphatic rings. The van der Waals surface area contributed by atoms with Crippen LogP contribution in [-0.4, -0.2) is 75.9 Å². The Hall–Kier alpha value is -3.49. The second-order valence-electron chi connectivity index (χ2n) is 7.88. The van der Waals surface area contributed by atoms with Gasteiger partial charge in [0.1, 0.15) is 5.00 Å². The van der Waals surface area contributed by atoms with Gasteiger partial charge in [-0.05, 0) is 43.2 Å². The number of thiophene rings is 1. The number of imide groups is 1. The van der Waals surface area contributed by atoms with E-state index >= 15 is 0 Å². The van der Waals surface area contributed by atoms with Crippen molar-refractivity contribution in [2.24, 2.45) is 0 Å². The van der Waals surface area contributed by atoms with Gasteiger partial charge in [-0.15, -0.1) is 11.3 Å². The average Bonchev–Trinajstić information content (AvgIpc) is 3.20. The number of rotatable bonds is 6. The van der Waals surface area contributed by atoms with Crippen LogP contribution in [0.15, 0.2) is 29.2 Å². The molecule has 0 radical (unpaired) electrons. The average molecular weight is 538 g/mol. The van der Waals surface area contributed by atoms with Gasteiger partial charge in [-0.1, -0.05) is 0 Å². The predicted molar refractivity (Wildman–Crippen MR) is 133 cm³/mol. The largest absolute Gasteiger partial charge is 0.450 e. The number of amides is 5. The monoisotopic (exact) mass is 537 g/mol. The van der Waals surface area contributed by atoms with Crippen molar-refractivity contribution in [3.05, 3.63) is 45.8 Å². The van der Waals surface area contributed by atoms with Gasteiger partial charge < -0.3 is 20.3 Å². The smallest absolute Gasteiger partial charge is 0.410 e. The van der Waals surface area contributed by atoms with Crippen molar-refractivity contribution in [1.29, 1.82) is 0 Å². The Morgan fingerprint density at radius 3 is 2.36 bits per heavy atom. The summed E-state index contributed by atoms with van der Waals surface area (Å²) in [7, 11) is 0.520. The topological polar surface area (TPSA) is 154 Å². The second-order valence-corrected chi connectivity index (χ2v) is 11.1. The van der Waals surface area contributed by atoms with Crippen molar-refractivity contribution in [3.63, 3.8) is 0 Å². The molecule has 0 bridgehead atoms. The number of carbonyl (C=O) groups excluding carboxylic acids is 4. The maximum Gasteiger partial charge on any atom is 0.410 e. The number of ether oxygens (including phenoxy) is 1. The standard InChI is InChI=1S/C22H27N5O7S2/c1-5-34-22(31)27-11-10-15-16(12-27)35-20(17(15)19(29)25-21(30)23-2)24-18(28)13-6-8-14(9-7-13)36(32,33)26(3)4/h6-9H,5,10-12H2,1-4H3,(H,24,28)(H2,23,25,29,30). The summed E-state index contributed by atoms with van der Waals surface area (Å²) < 4.78 is 30.7. The fourth-order valence-corrected chi connectivity index (χ4v) is 5.65. The van der Waals surface area contributed by atoms with Crippen LogP contribution in [0.2, 0.25) is 0 Å². The van der Waals surface area contributed by atoms with E-state index in [1.807, 2.05) is 0 Å². The lowest BCUT2D eigenvalue weighted by molar-refractivity contribution is 0.0963. The summed E-state index contributed by atoms with van der Waals surface area (Å²) in [5, 5.41) is 7.43. The summed E-state index contributed by atoms with van der Waals surface area (Å²) in [6, 6.07) is 4.66. The van der Waals surface area contributed by atoms with E-state index in [0.717, 1.165) is 15.6 Å². The van der Waals surface area contributed by atoms with E-state index in [1.54, 1.807) is 6.92 Å². The van der Waals surface area contributed by atoms with Crippen molar-refractivity contribution in [1.82, 2.24) is 19.8 Å². The predicted octanol–water partition coefficient (Wildman–Crippen LogP) is 1.83. The van der Waals surface area contributed by atoms with Gasteiger partial charge in [0.15, 0.2) is 0 Å². The fourth-order valence-electron chi connectivity index (χ4n) is 3.49. The van der Waals surface area contributed by atoms with Crippen LogP contribution in [0.25, 0.3) is 0 Å². The van der Waals surface area contributed by atoms with E-state index in [2.05, 4.69) is 16.0 Å². The molecule has 1 aliphatic heterocycles. The van der Waals surface area contributed by atoms with Gasteiger partial charge in [0.05, 0.1) is 23.6 Å². The quantitative estimate of drug-likeness (QED) is 0.508. The van der Waals surface area contributed by atoms with E-state index < -0.39 is 34.0 Å². The van der Waals surface area contributed by atoms with Crippen LogP contribution in [0.1, 0.15) is 38.1 Å². The number of nitrogens with one attached hydrogen (secondary N) is 3. The van der Waals surface area contributed by atoms with E-state index in [1.165, 1.54) is 50.3 Å². The molecule has 0 unspecified atom stereocenters. The van der Waals surface area contributed by atoms with Gasteiger partial charge >= 0.3 is 12.1 Å². The van der Waals surface area contributed by atoms with Crippen molar-refractivity contribution in [2.75, 3.05) is 39.6 Å². The zero-order valence-corrected chi connectivity index (χ0v) is 21.8. The molecule has 1 aromatic heterocycles. The zero-order valence-electron chi connectivity index (χ0n) is 20.2.